The molecule has 1 heterocycles. The summed E-state index contributed by atoms with van der Waals surface area (Å²) in [4.78, 5) is 15.0. The molecule has 68 valence electrons. The minimum Gasteiger partial charge on any atom is -0.465 e. The molecule has 0 aliphatic carbocycles. The van der Waals surface area contributed by atoms with Crippen LogP contribution in [0.4, 0.5) is 0 Å². The van der Waals surface area contributed by atoms with Crippen LogP contribution in [0.25, 0.3) is 6.08 Å². The SMILES string of the molecule is C=Cc1cc(C(=O)OC)cc(Cl)n1. The van der Waals surface area contributed by atoms with E-state index < -0.39 is 5.97 Å². The molecule has 0 bridgehead atoms. The Hall–Kier alpha value is -1.35. The third-order valence-electron chi connectivity index (χ3n) is 1.44. The number of hydrogen-bond acceptors (Lipinski definition) is 3. The maximum atomic E-state index is 11.1. The first kappa shape index (κ1) is 9.74. The fourth-order valence-electron chi connectivity index (χ4n) is 0.857. The molecule has 0 radical (unpaired) electrons. The summed E-state index contributed by atoms with van der Waals surface area (Å²) in [5.41, 5.74) is 0.922. The van der Waals surface area contributed by atoms with Crippen LogP contribution in [0.2, 0.25) is 5.15 Å². The zero-order chi connectivity index (χ0) is 9.84. The number of carbonyl (C=O) groups is 1. The van der Waals surface area contributed by atoms with Gasteiger partial charge in [-0.15, -0.1) is 0 Å². The molecular weight excluding hydrogens is 190 g/mol. The second-order valence-electron chi connectivity index (χ2n) is 2.30. The highest BCUT2D eigenvalue weighted by Crippen LogP contribution is 2.12. The summed E-state index contributed by atoms with van der Waals surface area (Å²) < 4.78 is 4.53. The van der Waals surface area contributed by atoms with E-state index in [1.807, 2.05) is 0 Å². The Balaban J connectivity index is 3.15. The van der Waals surface area contributed by atoms with Gasteiger partial charge in [0.15, 0.2) is 0 Å². The van der Waals surface area contributed by atoms with Crippen molar-refractivity contribution in [1.82, 2.24) is 4.98 Å². The van der Waals surface area contributed by atoms with Crippen LogP contribution >= 0.6 is 11.6 Å². The second-order valence-corrected chi connectivity index (χ2v) is 2.69. The van der Waals surface area contributed by atoms with Crippen molar-refractivity contribution < 1.29 is 9.53 Å². The summed E-state index contributed by atoms with van der Waals surface area (Å²) in [6.45, 7) is 3.53. The Labute approximate surface area is 81.0 Å². The van der Waals surface area contributed by atoms with Crippen molar-refractivity contribution in [1.29, 1.82) is 0 Å². The molecule has 0 unspecified atom stereocenters. The summed E-state index contributed by atoms with van der Waals surface area (Å²) in [6.07, 6.45) is 1.51. The predicted molar refractivity (Wildman–Crippen MR) is 50.7 cm³/mol. The standard InChI is InChI=1S/C9H8ClNO2/c1-3-7-4-6(9(12)13-2)5-8(10)11-7/h3-5H,1H2,2H3. The smallest absolute Gasteiger partial charge is 0.338 e. The van der Waals surface area contributed by atoms with Crippen LogP contribution in [0.1, 0.15) is 16.1 Å². The molecule has 0 N–H and O–H groups in total. The van der Waals surface area contributed by atoms with Crippen LogP contribution in [0.3, 0.4) is 0 Å². The lowest BCUT2D eigenvalue weighted by Gasteiger charge is -2.00. The van der Waals surface area contributed by atoms with Crippen molar-refractivity contribution in [2.24, 2.45) is 0 Å². The Morgan fingerprint density at radius 1 is 1.69 bits per heavy atom. The van der Waals surface area contributed by atoms with Crippen molar-refractivity contribution >= 4 is 23.6 Å². The van der Waals surface area contributed by atoms with Gasteiger partial charge in [0, 0.05) is 0 Å². The van der Waals surface area contributed by atoms with Gasteiger partial charge in [-0.2, -0.15) is 0 Å². The van der Waals surface area contributed by atoms with Crippen molar-refractivity contribution in [3.63, 3.8) is 0 Å². The molecule has 4 heteroatoms. The number of halogens is 1. The zero-order valence-electron chi connectivity index (χ0n) is 7.08. The minimum atomic E-state index is -0.438. The van der Waals surface area contributed by atoms with Gasteiger partial charge in [-0.05, 0) is 18.2 Å². The third kappa shape index (κ3) is 2.29. The van der Waals surface area contributed by atoms with Crippen molar-refractivity contribution in [3.05, 3.63) is 35.1 Å². The van der Waals surface area contributed by atoms with Crippen molar-refractivity contribution in [2.45, 2.75) is 0 Å². The quantitative estimate of drug-likeness (QED) is 0.539. The van der Waals surface area contributed by atoms with Gasteiger partial charge in [-0.1, -0.05) is 18.2 Å². The Bertz CT molecular complexity index is 349. The molecule has 0 aliphatic rings. The van der Waals surface area contributed by atoms with Gasteiger partial charge in [0.05, 0.1) is 18.4 Å². The summed E-state index contributed by atoms with van der Waals surface area (Å²) in [5, 5.41) is 0.248. The number of nitrogens with zero attached hydrogens (tertiary/aromatic N) is 1. The van der Waals surface area contributed by atoms with E-state index in [1.165, 1.54) is 19.3 Å². The monoisotopic (exact) mass is 197 g/mol. The number of ether oxygens (including phenoxy) is 1. The van der Waals surface area contributed by atoms with E-state index in [-0.39, 0.29) is 5.15 Å². The third-order valence-corrected chi connectivity index (χ3v) is 1.64. The Morgan fingerprint density at radius 2 is 2.38 bits per heavy atom. The van der Waals surface area contributed by atoms with Crippen LogP contribution in [0, 0.1) is 0 Å². The number of pyridine rings is 1. The van der Waals surface area contributed by atoms with Gasteiger partial charge < -0.3 is 4.74 Å². The van der Waals surface area contributed by atoms with E-state index in [1.54, 1.807) is 6.07 Å². The van der Waals surface area contributed by atoms with Crippen LogP contribution in [-0.2, 0) is 4.74 Å². The molecule has 0 atom stereocenters. The van der Waals surface area contributed by atoms with E-state index in [0.717, 1.165) is 0 Å². The molecule has 0 amide bonds. The maximum absolute atomic E-state index is 11.1. The lowest BCUT2D eigenvalue weighted by molar-refractivity contribution is 0.0600. The largest absolute Gasteiger partial charge is 0.465 e. The lowest BCUT2D eigenvalue weighted by atomic mass is 10.2. The molecule has 0 aromatic carbocycles. The highest BCUT2D eigenvalue weighted by atomic mass is 35.5. The molecule has 1 aromatic heterocycles. The van der Waals surface area contributed by atoms with E-state index >= 15 is 0 Å². The van der Waals surface area contributed by atoms with Crippen molar-refractivity contribution in [2.75, 3.05) is 7.11 Å². The summed E-state index contributed by atoms with van der Waals surface area (Å²) in [6, 6.07) is 3.01. The van der Waals surface area contributed by atoms with Gasteiger partial charge in [-0.25, -0.2) is 9.78 Å². The zero-order valence-corrected chi connectivity index (χ0v) is 7.84. The van der Waals surface area contributed by atoms with Crippen LogP contribution in [0.15, 0.2) is 18.7 Å². The highest BCUT2D eigenvalue weighted by molar-refractivity contribution is 6.29. The normalized spacial score (nSPS) is 9.38. The summed E-state index contributed by atoms with van der Waals surface area (Å²) in [5.74, 6) is -0.438. The van der Waals surface area contributed by atoms with E-state index in [0.29, 0.717) is 11.3 Å². The van der Waals surface area contributed by atoms with E-state index in [9.17, 15) is 4.79 Å². The van der Waals surface area contributed by atoms with E-state index in [2.05, 4.69) is 16.3 Å². The fourth-order valence-corrected chi connectivity index (χ4v) is 1.07. The first-order valence-electron chi connectivity index (χ1n) is 3.55. The molecule has 1 rings (SSSR count). The average molecular weight is 198 g/mol. The molecule has 0 fully saturated rings. The highest BCUT2D eigenvalue weighted by Gasteiger charge is 2.07. The minimum absolute atomic E-state index is 0.248. The summed E-state index contributed by atoms with van der Waals surface area (Å²) in [7, 11) is 1.31. The fraction of sp³-hybridized carbons (Fsp3) is 0.111. The number of esters is 1. The maximum Gasteiger partial charge on any atom is 0.338 e. The number of methoxy groups -OCH3 is 1. The first-order chi connectivity index (χ1) is 6.17. The molecule has 0 spiro atoms. The van der Waals surface area contributed by atoms with Crippen molar-refractivity contribution in [3.8, 4) is 0 Å². The molecule has 3 nitrogen and oxygen atoms in total. The van der Waals surface area contributed by atoms with Gasteiger partial charge in [-0.3, -0.25) is 0 Å². The first-order valence-corrected chi connectivity index (χ1v) is 3.93. The molecule has 13 heavy (non-hydrogen) atoms. The van der Waals surface area contributed by atoms with Gasteiger partial charge in [0.2, 0.25) is 0 Å². The number of rotatable bonds is 2. The predicted octanol–water partition coefficient (Wildman–Crippen LogP) is 2.16. The van der Waals surface area contributed by atoms with Gasteiger partial charge in [0.1, 0.15) is 5.15 Å². The topological polar surface area (TPSA) is 39.2 Å². The number of aromatic nitrogens is 1. The molecule has 1 aromatic rings. The van der Waals surface area contributed by atoms with Crippen LogP contribution in [0.5, 0.6) is 0 Å². The summed E-state index contributed by atoms with van der Waals surface area (Å²) >= 11 is 5.66. The van der Waals surface area contributed by atoms with Gasteiger partial charge >= 0.3 is 5.97 Å². The number of hydrogen-bond donors (Lipinski definition) is 0. The van der Waals surface area contributed by atoms with Crippen LogP contribution in [-0.4, -0.2) is 18.1 Å². The Morgan fingerprint density at radius 3 is 2.92 bits per heavy atom. The molecular formula is C9H8ClNO2. The lowest BCUT2D eigenvalue weighted by Crippen LogP contribution is -2.02. The van der Waals surface area contributed by atoms with Crippen LogP contribution < -0.4 is 0 Å². The molecule has 0 saturated carbocycles. The average Bonchev–Trinajstić information content (AvgIpc) is 2.15. The molecule has 0 aliphatic heterocycles. The number of carbonyl (C=O) groups excluding carboxylic acids is 1. The van der Waals surface area contributed by atoms with Gasteiger partial charge in [0.25, 0.3) is 0 Å². The molecule has 0 saturated heterocycles. The van der Waals surface area contributed by atoms with E-state index in [4.69, 9.17) is 11.6 Å². The second kappa shape index (κ2) is 4.05. The Kier molecular flexibility index (Phi) is 3.03.